The highest BCUT2D eigenvalue weighted by Gasteiger charge is 2.38. The van der Waals surface area contributed by atoms with E-state index in [1.807, 2.05) is 35.9 Å². The summed E-state index contributed by atoms with van der Waals surface area (Å²) in [4.78, 5) is 36.4. The van der Waals surface area contributed by atoms with Gasteiger partial charge in [0.05, 0.1) is 23.9 Å². The molecule has 0 bridgehead atoms. The zero-order valence-electron chi connectivity index (χ0n) is 19.0. The highest BCUT2D eigenvalue weighted by molar-refractivity contribution is 5.76. The van der Waals surface area contributed by atoms with E-state index in [2.05, 4.69) is 20.3 Å². The van der Waals surface area contributed by atoms with E-state index < -0.39 is 24.3 Å². The molecule has 36 heavy (non-hydrogen) atoms. The number of amides is 1. The summed E-state index contributed by atoms with van der Waals surface area (Å²) in [5.41, 5.74) is 3.24. The lowest BCUT2D eigenvalue weighted by Gasteiger charge is -2.33. The lowest BCUT2D eigenvalue weighted by Crippen LogP contribution is -2.39. The molecule has 2 aromatic rings. The third-order valence-electron chi connectivity index (χ3n) is 4.47. The van der Waals surface area contributed by atoms with Crippen LogP contribution in [0.5, 0.6) is 0 Å². The summed E-state index contributed by atoms with van der Waals surface area (Å²) in [5.74, 6) is -5.47. The van der Waals surface area contributed by atoms with Crippen molar-refractivity contribution in [2.45, 2.75) is 44.8 Å². The summed E-state index contributed by atoms with van der Waals surface area (Å²) in [6.07, 6.45) is -7.91. The molecule has 0 fully saturated rings. The van der Waals surface area contributed by atoms with Gasteiger partial charge >= 0.3 is 24.3 Å². The summed E-state index contributed by atoms with van der Waals surface area (Å²) >= 11 is 0. The van der Waals surface area contributed by atoms with E-state index in [1.165, 1.54) is 0 Å². The van der Waals surface area contributed by atoms with Gasteiger partial charge in [0.15, 0.2) is 0 Å². The lowest BCUT2D eigenvalue weighted by atomic mass is 10.1. The molecule has 2 aromatic heterocycles. The number of nitrogens with one attached hydrogen (secondary N) is 1. The molecule has 10 nitrogen and oxygen atoms in total. The Morgan fingerprint density at radius 2 is 1.61 bits per heavy atom. The molecular formula is C20H23F6N5O5. The van der Waals surface area contributed by atoms with Crippen molar-refractivity contribution < 1.29 is 50.9 Å². The number of hydrogen-bond donors (Lipinski definition) is 3. The largest absolute Gasteiger partial charge is 0.490 e. The molecule has 0 radical (unpaired) electrons. The number of pyridine rings is 1. The monoisotopic (exact) mass is 527 g/mol. The number of rotatable bonds is 4. The number of carboxylic acids is 2. The Bertz CT molecular complexity index is 1020. The number of fused-ring (bicyclic) bond motifs is 1. The Morgan fingerprint density at radius 1 is 1.06 bits per heavy atom. The Labute approximate surface area is 200 Å². The number of hydrogen-bond acceptors (Lipinski definition) is 6. The zero-order valence-corrected chi connectivity index (χ0v) is 19.0. The van der Waals surface area contributed by atoms with Crippen molar-refractivity contribution in [3.63, 3.8) is 0 Å². The second-order valence-electron chi connectivity index (χ2n) is 7.34. The van der Waals surface area contributed by atoms with Crippen molar-refractivity contribution in [3.8, 4) is 0 Å². The third kappa shape index (κ3) is 10.3. The third-order valence-corrected chi connectivity index (χ3v) is 4.47. The molecule has 1 atom stereocenters. The minimum absolute atomic E-state index is 0.0435. The molecule has 0 saturated heterocycles. The summed E-state index contributed by atoms with van der Waals surface area (Å²) in [6, 6.07) is 8.18. The molecular weight excluding hydrogens is 504 g/mol. The fraction of sp³-hybridized carbons (Fsp3) is 0.450. The Hall–Kier alpha value is -3.69. The van der Waals surface area contributed by atoms with Crippen molar-refractivity contribution in [2.75, 3.05) is 13.6 Å². The van der Waals surface area contributed by atoms with Gasteiger partial charge in [0.25, 0.3) is 0 Å². The van der Waals surface area contributed by atoms with Crippen LogP contribution in [0.15, 0.2) is 30.5 Å². The Balaban J connectivity index is 0.000000383. The van der Waals surface area contributed by atoms with Crippen LogP contribution in [0.25, 0.3) is 0 Å². The van der Waals surface area contributed by atoms with Crippen molar-refractivity contribution in [1.29, 1.82) is 0 Å². The SMILES string of the molecule is CNC(=O)CC1CN(Cc2cccc(C)n2)Cc2ccnn21.O=C(O)C(F)(F)F.O=C(O)C(F)(F)F. The molecule has 1 aliphatic rings. The smallest absolute Gasteiger partial charge is 0.475 e. The van der Waals surface area contributed by atoms with Crippen molar-refractivity contribution in [1.82, 2.24) is 25.0 Å². The number of aliphatic carboxylic acids is 2. The average molecular weight is 527 g/mol. The van der Waals surface area contributed by atoms with Crippen molar-refractivity contribution in [2.24, 2.45) is 0 Å². The summed E-state index contributed by atoms with van der Waals surface area (Å²) < 4.78 is 65.5. The second-order valence-corrected chi connectivity index (χ2v) is 7.34. The molecule has 1 aliphatic heterocycles. The zero-order chi connectivity index (χ0) is 27.7. The minimum Gasteiger partial charge on any atom is -0.475 e. The Morgan fingerprint density at radius 3 is 2.08 bits per heavy atom. The molecule has 3 N–H and O–H groups in total. The van der Waals surface area contributed by atoms with E-state index in [-0.39, 0.29) is 11.9 Å². The van der Waals surface area contributed by atoms with Crippen molar-refractivity contribution >= 4 is 17.8 Å². The van der Waals surface area contributed by atoms with Crippen LogP contribution in [-0.2, 0) is 27.5 Å². The molecule has 0 spiro atoms. The maximum absolute atomic E-state index is 11.7. The maximum atomic E-state index is 11.7. The number of alkyl halides is 6. The van der Waals surface area contributed by atoms with Gasteiger partial charge in [-0.25, -0.2) is 9.59 Å². The Kier molecular flexibility index (Phi) is 10.8. The number of aromatic nitrogens is 3. The number of aryl methyl sites for hydroxylation is 1. The minimum atomic E-state index is -5.08. The van der Waals surface area contributed by atoms with Crippen LogP contribution in [0.1, 0.15) is 29.5 Å². The quantitative estimate of drug-likeness (QED) is 0.516. The van der Waals surface area contributed by atoms with Crippen LogP contribution in [0, 0.1) is 6.92 Å². The van der Waals surface area contributed by atoms with Crippen molar-refractivity contribution in [3.05, 3.63) is 47.5 Å². The first-order valence-electron chi connectivity index (χ1n) is 10.0. The first-order valence-corrected chi connectivity index (χ1v) is 10.0. The molecule has 3 rings (SSSR count). The molecule has 0 aliphatic carbocycles. The summed E-state index contributed by atoms with van der Waals surface area (Å²) in [7, 11) is 1.67. The highest BCUT2D eigenvalue weighted by atomic mass is 19.4. The van der Waals surface area contributed by atoms with Gasteiger partial charge in [-0.15, -0.1) is 0 Å². The van der Waals surface area contributed by atoms with Gasteiger partial charge in [0.1, 0.15) is 0 Å². The lowest BCUT2D eigenvalue weighted by molar-refractivity contribution is -0.193. The van der Waals surface area contributed by atoms with Crippen LogP contribution >= 0.6 is 0 Å². The van der Waals surface area contributed by atoms with Gasteiger partial charge in [-0.3, -0.25) is 19.4 Å². The molecule has 1 unspecified atom stereocenters. The topological polar surface area (TPSA) is 138 Å². The molecule has 0 saturated carbocycles. The predicted octanol–water partition coefficient (Wildman–Crippen LogP) is 2.55. The molecule has 200 valence electrons. The normalized spacial score (nSPS) is 15.4. The van der Waals surface area contributed by atoms with Crippen LogP contribution < -0.4 is 5.32 Å². The summed E-state index contributed by atoms with van der Waals surface area (Å²) in [5, 5.41) is 21.3. The number of nitrogens with zero attached hydrogens (tertiary/aromatic N) is 4. The van der Waals surface area contributed by atoms with Gasteiger partial charge in [0, 0.05) is 38.6 Å². The van der Waals surface area contributed by atoms with E-state index in [1.54, 1.807) is 13.2 Å². The van der Waals surface area contributed by atoms with Crippen LogP contribution in [0.4, 0.5) is 26.3 Å². The number of carbonyl (C=O) groups is 3. The highest BCUT2D eigenvalue weighted by Crippen LogP contribution is 2.24. The van der Waals surface area contributed by atoms with E-state index in [0.717, 1.165) is 36.7 Å². The van der Waals surface area contributed by atoms with Gasteiger partial charge in [0.2, 0.25) is 5.91 Å². The van der Waals surface area contributed by atoms with Gasteiger partial charge < -0.3 is 15.5 Å². The van der Waals surface area contributed by atoms with Gasteiger partial charge in [-0.05, 0) is 25.1 Å². The summed E-state index contributed by atoms with van der Waals surface area (Å²) in [6.45, 7) is 4.43. The van der Waals surface area contributed by atoms with E-state index in [9.17, 15) is 31.1 Å². The second kappa shape index (κ2) is 12.9. The first-order chi connectivity index (χ1) is 16.5. The molecule has 0 aromatic carbocycles. The van der Waals surface area contributed by atoms with E-state index in [4.69, 9.17) is 19.8 Å². The fourth-order valence-corrected chi connectivity index (χ4v) is 2.97. The van der Waals surface area contributed by atoms with Crippen LogP contribution in [-0.4, -0.2) is 73.7 Å². The first kappa shape index (κ1) is 30.3. The fourth-order valence-electron chi connectivity index (χ4n) is 2.97. The standard InChI is InChI=1S/C16H21N5O.2C2HF3O2/c1-12-4-3-5-13(19-12)9-20-10-14-6-7-18-21(14)15(11-20)8-16(22)17-2;2*3-2(4,5)1(6)7/h3-7,15H,8-11H2,1-2H3,(H,17,22);2*(H,6,7). The number of halogens is 6. The van der Waals surface area contributed by atoms with E-state index >= 15 is 0 Å². The number of carboxylic acid groups (broad SMARTS) is 2. The van der Waals surface area contributed by atoms with Crippen LogP contribution in [0.2, 0.25) is 0 Å². The van der Waals surface area contributed by atoms with Crippen LogP contribution in [0.3, 0.4) is 0 Å². The van der Waals surface area contributed by atoms with Gasteiger partial charge in [-0.1, -0.05) is 6.07 Å². The predicted molar refractivity (Wildman–Crippen MR) is 110 cm³/mol. The maximum Gasteiger partial charge on any atom is 0.490 e. The average Bonchev–Trinajstić information content (AvgIpc) is 3.22. The number of carbonyl (C=O) groups excluding carboxylic acids is 1. The molecule has 3 heterocycles. The molecule has 1 amide bonds. The van der Waals surface area contributed by atoms with Gasteiger partial charge in [-0.2, -0.15) is 31.4 Å². The molecule has 16 heteroatoms. The van der Waals surface area contributed by atoms with E-state index in [0.29, 0.717) is 6.42 Å².